The van der Waals surface area contributed by atoms with Crippen LogP contribution in [0.3, 0.4) is 0 Å². The monoisotopic (exact) mass is 616 g/mol. The van der Waals surface area contributed by atoms with E-state index >= 15 is 0 Å². The molecule has 0 aliphatic heterocycles. The minimum absolute atomic E-state index is 0.0606. The van der Waals surface area contributed by atoms with Gasteiger partial charge in [-0.05, 0) is 55.8 Å². The van der Waals surface area contributed by atoms with Gasteiger partial charge in [0.05, 0.1) is 44.7 Å². The third kappa shape index (κ3) is 6.09. The third-order valence-corrected chi connectivity index (χ3v) is 7.37. The molecule has 218 valence electrons. The van der Waals surface area contributed by atoms with E-state index in [-0.39, 0.29) is 28.2 Å². The first-order valence-electron chi connectivity index (χ1n) is 13.3. The van der Waals surface area contributed by atoms with Gasteiger partial charge in [0, 0.05) is 43.0 Å². The number of nitrogens with one attached hydrogen (secondary N) is 2. The average Bonchev–Trinajstić information content (AvgIpc) is 3.48. The molecule has 2 N–H and O–H groups in total. The zero-order chi connectivity index (χ0) is 30.8. The second-order valence-electron chi connectivity index (χ2n) is 10.4. The molecular formula is C31H27Cl2FN8O. The minimum atomic E-state index is -0.654. The number of anilines is 3. The van der Waals surface area contributed by atoms with Gasteiger partial charge in [-0.3, -0.25) is 9.78 Å². The Kier molecular flexibility index (Phi) is 8.48. The van der Waals surface area contributed by atoms with Crippen molar-refractivity contribution in [3.8, 4) is 6.07 Å². The Morgan fingerprint density at radius 2 is 1.86 bits per heavy atom. The van der Waals surface area contributed by atoms with Crippen molar-refractivity contribution in [1.29, 1.82) is 5.26 Å². The van der Waals surface area contributed by atoms with Crippen LogP contribution in [0, 0.1) is 17.1 Å². The quantitative estimate of drug-likeness (QED) is 0.187. The summed E-state index contributed by atoms with van der Waals surface area (Å²) >= 11 is 12.7. The van der Waals surface area contributed by atoms with Crippen LogP contribution in [0.1, 0.15) is 53.1 Å². The van der Waals surface area contributed by atoms with E-state index in [1.165, 1.54) is 23.2 Å². The lowest BCUT2D eigenvalue weighted by Crippen LogP contribution is -2.22. The van der Waals surface area contributed by atoms with Gasteiger partial charge in [-0.2, -0.15) is 5.26 Å². The molecule has 0 spiro atoms. The minimum Gasteiger partial charge on any atom is -0.373 e. The molecule has 5 rings (SSSR count). The zero-order valence-corrected chi connectivity index (χ0v) is 25.2. The van der Waals surface area contributed by atoms with Gasteiger partial charge in [0.2, 0.25) is 0 Å². The smallest absolute Gasteiger partial charge is 0.253 e. The lowest BCUT2D eigenvalue weighted by Gasteiger charge is -2.21. The van der Waals surface area contributed by atoms with Crippen LogP contribution in [0.2, 0.25) is 10.0 Å². The summed E-state index contributed by atoms with van der Waals surface area (Å²) in [5.74, 6) is -0.793. The molecule has 1 unspecified atom stereocenters. The molecule has 0 saturated heterocycles. The van der Waals surface area contributed by atoms with E-state index in [2.05, 4.69) is 32.0 Å². The molecular weight excluding hydrogens is 590 g/mol. The SMILES string of the molecule is CC(C)n1cc(C(Nc2cc(Cl)c3ncc(C#N)c(Nc4cccc(Cl)c4F)c3c2)c2cccc(C(=O)N(C)C)c2)nn1. The van der Waals surface area contributed by atoms with Gasteiger partial charge in [0.15, 0.2) is 5.82 Å². The van der Waals surface area contributed by atoms with Crippen LogP contribution < -0.4 is 10.6 Å². The van der Waals surface area contributed by atoms with Crippen LogP contribution in [0.15, 0.2) is 67.0 Å². The van der Waals surface area contributed by atoms with E-state index in [1.54, 1.807) is 49.1 Å². The van der Waals surface area contributed by atoms with E-state index in [9.17, 15) is 14.4 Å². The number of amides is 1. The van der Waals surface area contributed by atoms with Crippen LogP contribution in [0.5, 0.6) is 0 Å². The van der Waals surface area contributed by atoms with E-state index in [1.807, 2.05) is 32.2 Å². The normalized spacial score (nSPS) is 11.8. The summed E-state index contributed by atoms with van der Waals surface area (Å²) in [6.45, 7) is 3.99. The molecule has 2 aromatic heterocycles. The Labute approximate surface area is 257 Å². The van der Waals surface area contributed by atoms with Gasteiger partial charge in [0.25, 0.3) is 5.91 Å². The average molecular weight is 618 g/mol. The summed E-state index contributed by atoms with van der Waals surface area (Å²) in [4.78, 5) is 18.7. The molecule has 0 radical (unpaired) electrons. The molecule has 5 aromatic rings. The number of carbonyl (C=O) groups excluding carboxylic acids is 1. The molecule has 1 atom stereocenters. The van der Waals surface area contributed by atoms with Crippen molar-refractivity contribution in [3.05, 3.63) is 105 Å². The van der Waals surface area contributed by atoms with Crippen LogP contribution in [0.4, 0.5) is 21.5 Å². The topological polar surface area (TPSA) is 112 Å². The number of hydrogen-bond donors (Lipinski definition) is 2. The number of aromatic nitrogens is 4. The fourth-order valence-electron chi connectivity index (χ4n) is 4.58. The summed E-state index contributed by atoms with van der Waals surface area (Å²) in [5, 5.41) is 25.8. The van der Waals surface area contributed by atoms with Crippen molar-refractivity contribution in [2.45, 2.75) is 25.9 Å². The number of rotatable bonds is 8. The second-order valence-corrected chi connectivity index (χ2v) is 11.2. The largest absolute Gasteiger partial charge is 0.373 e. The highest BCUT2D eigenvalue weighted by Crippen LogP contribution is 2.37. The third-order valence-electron chi connectivity index (χ3n) is 6.79. The van der Waals surface area contributed by atoms with Crippen molar-refractivity contribution in [2.24, 2.45) is 0 Å². The maximum absolute atomic E-state index is 14.9. The van der Waals surface area contributed by atoms with Gasteiger partial charge in [0.1, 0.15) is 11.8 Å². The van der Waals surface area contributed by atoms with E-state index < -0.39 is 11.9 Å². The number of pyridine rings is 1. The Balaban J connectivity index is 1.64. The van der Waals surface area contributed by atoms with Crippen LogP contribution in [-0.4, -0.2) is 44.9 Å². The van der Waals surface area contributed by atoms with Crippen molar-refractivity contribution in [1.82, 2.24) is 24.9 Å². The zero-order valence-electron chi connectivity index (χ0n) is 23.7. The van der Waals surface area contributed by atoms with E-state index in [4.69, 9.17) is 23.2 Å². The van der Waals surface area contributed by atoms with Gasteiger partial charge >= 0.3 is 0 Å². The summed E-state index contributed by atoms with van der Waals surface area (Å²) in [6.07, 6.45) is 3.22. The number of carbonyl (C=O) groups is 1. The van der Waals surface area contributed by atoms with Gasteiger partial charge in [-0.1, -0.05) is 46.6 Å². The predicted molar refractivity (Wildman–Crippen MR) is 166 cm³/mol. The fraction of sp³-hybridized carbons (Fsp3) is 0.194. The lowest BCUT2D eigenvalue weighted by atomic mass is 10.00. The molecule has 12 heteroatoms. The number of nitriles is 1. The van der Waals surface area contributed by atoms with Crippen LogP contribution >= 0.6 is 23.2 Å². The Morgan fingerprint density at radius 1 is 1.09 bits per heavy atom. The molecule has 0 aliphatic carbocycles. The molecule has 0 bridgehead atoms. The summed E-state index contributed by atoms with van der Waals surface area (Å²) in [5.41, 5.74) is 3.48. The van der Waals surface area contributed by atoms with Gasteiger partial charge < -0.3 is 15.5 Å². The van der Waals surface area contributed by atoms with Crippen molar-refractivity contribution in [2.75, 3.05) is 24.7 Å². The highest BCUT2D eigenvalue weighted by Gasteiger charge is 2.22. The first-order valence-corrected chi connectivity index (χ1v) is 14.1. The van der Waals surface area contributed by atoms with Crippen molar-refractivity contribution < 1.29 is 9.18 Å². The maximum Gasteiger partial charge on any atom is 0.253 e. The highest BCUT2D eigenvalue weighted by molar-refractivity contribution is 6.36. The molecule has 1 amide bonds. The Bertz CT molecular complexity index is 1880. The lowest BCUT2D eigenvalue weighted by molar-refractivity contribution is 0.0827. The predicted octanol–water partition coefficient (Wildman–Crippen LogP) is 7.37. The molecule has 0 aliphatic rings. The number of hydrogen-bond acceptors (Lipinski definition) is 7. The molecule has 0 fully saturated rings. The van der Waals surface area contributed by atoms with Crippen LogP contribution in [0.25, 0.3) is 10.9 Å². The molecule has 2 heterocycles. The number of fused-ring (bicyclic) bond motifs is 1. The Morgan fingerprint density at radius 3 is 2.56 bits per heavy atom. The van der Waals surface area contributed by atoms with Crippen molar-refractivity contribution in [3.63, 3.8) is 0 Å². The van der Waals surface area contributed by atoms with Gasteiger partial charge in [-0.15, -0.1) is 5.10 Å². The van der Waals surface area contributed by atoms with Crippen LogP contribution in [-0.2, 0) is 0 Å². The molecule has 0 saturated carbocycles. The summed E-state index contributed by atoms with van der Waals surface area (Å²) in [6, 6.07) is 17.0. The van der Waals surface area contributed by atoms with E-state index in [0.29, 0.717) is 38.6 Å². The van der Waals surface area contributed by atoms with E-state index in [0.717, 1.165) is 5.56 Å². The number of benzene rings is 3. The number of nitrogens with zero attached hydrogens (tertiary/aromatic N) is 6. The second kappa shape index (κ2) is 12.3. The first kappa shape index (κ1) is 29.8. The first-order chi connectivity index (χ1) is 20.6. The molecule has 43 heavy (non-hydrogen) atoms. The molecule has 3 aromatic carbocycles. The standard InChI is InChI=1S/C31H27Cl2FN8O/c1-17(2)42-16-26(39-40-42)29(18-7-5-8-19(11-18)31(43)41(3)4)37-21-12-22-28(38-25-10-6-9-23(32)27(25)34)20(14-35)15-36-30(22)24(33)13-21/h5-13,15-17,29,37H,1-4H3,(H,36,38). The fourth-order valence-corrected chi connectivity index (χ4v) is 5.02. The summed E-state index contributed by atoms with van der Waals surface area (Å²) < 4.78 is 16.6. The van der Waals surface area contributed by atoms with Crippen molar-refractivity contribution >= 4 is 57.1 Å². The maximum atomic E-state index is 14.9. The Hall–Kier alpha value is -4.72. The number of halogens is 3. The molecule has 9 nitrogen and oxygen atoms in total. The summed E-state index contributed by atoms with van der Waals surface area (Å²) in [7, 11) is 3.39. The van der Waals surface area contributed by atoms with Gasteiger partial charge in [-0.25, -0.2) is 9.07 Å². The highest BCUT2D eigenvalue weighted by atomic mass is 35.5.